The highest BCUT2D eigenvalue weighted by atomic mass is 16.5. The van der Waals surface area contributed by atoms with Crippen molar-refractivity contribution in [1.29, 1.82) is 0 Å². The Morgan fingerprint density at radius 1 is 0.854 bits per heavy atom. The molecule has 1 aromatic heterocycles. The van der Waals surface area contributed by atoms with Crippen LogP contribution in [-0.4, -0.2) is 46.5 Å². The molecule has 7 heteroatoms. The zero-order valence-corrected chi connectivity index (χ0v) is 24.4. The predicted octanol–water partition coefficient (Wildman–Crippen LogP) is 6.57. The van der Waals surface area contributed by atoms with Gasteiger partial charge in [0.25, 0.3) is 0 Å². The van der Waals surface area contributed by atoms with Gasteiger partial charge in [0, 0.05) is 37.2 Å². The van der Waals surface area contributed by atoms with E-state index in [1.807, 2.05) is 117 Å². The van der Waals surface area contributed by atoms with Crippen LogP contribution in [0.15, 0.2) is 97.2 Å². The SMILES string of the molecule is COc1cccc(Cn2cccc2CN(Cc2ccccc2)C(=O)CN(CC(C)C)C(=O)Nc2cccc(C)c2)c1. The number of rotatable bonds is 12. The van der Waals surface area contributed by atoms with Crippen molar-refractivity contribution < 1.29 is 14.3 Å². The highest BCUT2D eigenvalue weighted by Crippen LogP contribution is 2.18. The second-order valence-corrected chi connectivity index (χ2v) is 10.8. The number of carbonyl (C=O) groups excluding carboxylic acids is 2. The van der Waals surface area contributed by atoms with Crippen molar-refractivity contribution in [1.82, 2.24) is 14.4 Å². The third-order valence-electron chi connectivity index (χ3n) is 6.80. The Balaban J connectivity index is 1.54. The summed E-state index contributed by atoms with van der Waals surface area (Å²) in [5, 5.41) is 2.98. The Morgan fingerprint density at radius 3 is 2.34 bits per heavy atom. The molecule has 3 amide bonds. The zero-order valence-electron chi connectivity index (χ0n) is 24.4. The molecule has 0 fully saturated rings. The number of carbonyl (C=O) groups is 2. The van der Waals surface area contributed by atoms with Gasteiger partial charge in [-0.1, -0.05) is 68.4 Å². The van der Waals surface area contributed by atoms with Gasteiger partial charge >= 0.3 is 6.03 Å². The van der Waals surface area contributed by atoms with E-state index in [0.29, 0.717) is 31.9 Å². The van der Waals surface area contributed by atoms with Crippen LogP contribution in [0, 0.1) is 12.8 Å². The number of hydrogen-bond acceptors (Lipinski definition) is 3. The number of anilines is 1. The number of aryl methyl sites for hydroxylation is 1. The lowest BCUT2D eigenvalue weighted by Gasteiger charge is -2.29. The van der Waals surface area contributed by atoms with E-state index >= 15 is 0 Å². The maximum atomic E-state index is 13.9. The standard InChI is InChI=1S/C34H40N4O3/c1-26(2)21-38(34(40)35-30-15-8-11-27(3)19-30)25-33(39)37(22-28-12-6-5-7-13-28)24-31-16-10-18-36(31)23-29-14-9-17-32(20-29)41-4/h5-20,26H,21-25H2,1-4H3,(H,35,40). The van der Waals surface area contributed by atoms with Gasteiger partial charge in [-0.25, -0.2) is 4.79 Å². The average molecular weight is 553 g/mol. The minimum absolute atomic E-state index is 0.0146. The van der Waals surface area contributed by atoms with Crippen LogP contribution in [0.2, 0.25) is 0 Å². The summed E-state index contributed by atoms with van der Waals surface area (Å²) in [5.74, 6) is 0.906. The lowest BCUT2D eigenvalue weighted by atomic mass is 10.2. The summed E-state index contributed by atoms with van der Waals surface area (Å²) in [7, 11) is 1.66. The number of amides is 3. The van der Waals surface area contributed by atoms with E-state index in [0.717, 1.165) is 28.1 Å². The molecule has 0 saturated heterocycles. The van der Waals surface area contributed by atoms with Crippen LogP contribution in [0.5, 0.6) is 5.75 Å². The molecule has 7 nitrogen and oxygen atoms in total. The van der Waals surface area contributed by atoms with Crippen molar-refractivity contribution in [2.45, 2.75) is 40.4 Å². The summed E-state index contributed by atoms with van der Waals surface area (Å²) < 4.78 is 7.54. The van der Waals surface area contributed by atoms with Gasteiger partial charge in [-0.2, -0.15) is 0 Å². The Kier molecular flexibility index (Phi) is 10.2. The van der Waals surface area contributed by atoms with E-state index in [9.17, 15) is 9.59 Å². The number of ether oxygens (including phenoxy) is 1. The molecule has 0 unspecified atom stereocenters. The van der Waals surface area contributed by atoms with Gasteiger partial charge in [0.15, 0.2) is 0 Å². The van der Waals surface area contributed by atoms with Gasteiger partial charge in [-0.15, -0.1) is 0 Å². The summed E-state index contributed by atoms with van der Waals surface area (Å²) in [6.45, 7) is 8.05. The number of methoxy groups -OCH3 is 1. The van der Waals surface area contributed by atoms with Gasteiger partial charge in [0.05, 0.1) is 13.7 Å². The topological polar surface area (TPSA) is 66.8 Å². The van der Waals surface area contributed by atoms with Gasteiger partial charge in [-0.3, -0.25) is 4.79 Å². The monoisotopic (exact) mass is 552 g/mol. The van der Waals surface area contributed by atoms with Crippen molar-refractivity contribution in [2.75, 3.05) is 25.5 Å². The summed E-state index contributed by atoms with van der Waals surface area (Å²) in [4.78, 5) is 30.7. The average Bonchev–Trinajstić information content (AvgIpc) is 3.38. The highest BCUT2D eigenvalue weighted by molar-refractivity contribution is 5.92. The van der Waals surface area contributed by atoms with Crippen molar-refractivity contribution in [2.24, 2.45) is 5.92 Å². The minimum Gasteiger partial charge on any atom is -0.497 e. The molecular formula is C34H40N4O3. The number of nitrogens with one attached hydrogen (secondary N) is 1. The fraction of sp³-hybridized carbons (Fsp3) is 0.294. The van der Waals surface area contributed by atoms with E-state index < -0.39 is 0 Å². The van der Waals surface area contributed by atoms with Gasteiger partial charge in [0.1, 0.15) is 12.3 Å². The Labute approximate surface area is 243 Å². The summed E-state index contributed by atoms with van der Waals surface area (Å²) >= 11 is 0. The fourth-order valence-corrected chi connectivity index (χ4v) is 4.80. The Bertz CT molecular complexity index is 1430. The quantitative estimate of drug-likeness (QED) is 0.216. The van der Waals surface area contributed by atoms with E-state index in [2.05, 4.69) is 16.0 Å². The third kappa shape index (κ3) is 8.73. The van der Waals surface area contributed by atoms with E-state index in [-0.39, 0.29) is 24.4 Å². The zero-order chi connectivity index (χ0) is 29.2. The fourth-order valence-electron chi connectivity index (χ4n) is 4.80. The summed E-state index contributed by atoms with van der Waals surface area (Å²) in [5.41, 5.74) is 4.93. The normalized spacial score (nSPS) is 10.9. The summed E-state index contributed by atoms with van der Waals surface area (Å²) in [6, 6.07) is 29.4. The molecule has 4 rings (SSSR count). The van der Waals surface area contributed by atoms with Gasteiger partial charge < -0.3 is 24.4 Å². The Hall–Kier alpha value is -4.52. The van der Waals surface area contributed by atoms with Crippen LogP contribution < -0.4 is 10.1 Å². The van der Waals surface area contributed by atoms with Crippen LogP contribution in [0.25, 0.3) is 0 Å². The van der Waals surface area contributed by atoms with Crippen molar-refractivity contribution in [3.05, 3.63) is 120 Å². The minimum atomic E-state index is -0.279. The highest BCUT2D eigenvalue weighted by Gasteiger charge is 2.23. The molecular weight excluding hydrogens is 512 g/mol. The van der Waals surface area contributed by atoms with Crippen LogP contribution in [0.3, 0.4) is 0 Å². The molecule has 0 radical (unpaired) electrons. The molecule has 0 spiro atoms. The van der Waals surface area contributed by atoms with E-state index in [1.165, 1.54) is 0 Å². The smallest absolute Gasteiger partial charge is 0.322 e. The van der Waals surface area contributed by atoms with Crippen LogP contribution in [0.4, 0.5) is 10.5 Å². The molecule has 0 saturated carbocycles. The van der Waals surface area contributed by atoms with Crippen molar-refractivity contribution >= 4 is 17.6 Å². The molecule has 0 aliphatic rings. The molecule has 0 atom stereocenters. The maximum Gasteiger partial charge on any atom is 0.322 e. The van der Waals surface area contributed by atoms with Crippen LogP contribution in [-0.2, 0) is 24.4 Å². The first-order valence-corrected chi connectivity index (χ1v) is 14.0. The lowest BCUT2D eigenvalue weighted by molar-refractivity contribution is -0.133. The number of benzene rings is 3. The maximum absolute atomic E-state index is 13.9. The van der Waals surface area contributed by atoms with E-state index in [4.69, 9.17) is 4.74 Å². The molecule has 1 N–H and O–H groups in total. The van der Waals surface area contributed by atoms with Crippen molar-refractivity contribution in [3.63, 3.8) is 0 Å². The molecule has 4 aromatic rings. The second kappa shape index (κ2) is 14.2. The number of urea groups is 1. The van der Waals surface area contributed by atoms with Crippen molar-refractivity contribution in [3.8, 4) is 5.75 Å². The molecule has 214 valence electrons. The molecule has 1 heterocycles. The van der Waals surface area contributed by atoms with Crippen LogP contribution in [0.1, 0.15) is 36.2 Å². The van der Waals surface area contributed by atoms with E-state index in [1.54, 1.807) is 12.0 Å². The number of nitrogens with zero attached hydrogens (tertiary/aromatic N) is 3. The molecule has 41 heavy (non-hydrogen) atoms. The first-order valence-electron chi connectivity index (χ1n) is 14.0. The first kappa shape index (κ1) is 29.5. The largest absolute Gasteiger partial charge is 0.497 e. The number of hydrogen-bond donors (Lipinski definition) is 1. The van der Waals surface area contributed by atoms with Gasteiger partial charge in [0.2, 0.25) is 5.91 Å². The molecule has 0 aliphatic carbocycles. The predicted molar refractivity (Wildman–Crippen MR) is 164 cm³/mol. The number of aromatic nitrogens is 1. The summed E-state index contributed by atoms with van der Waals surface area (Å²) in [6.07, 6.45) is 2.03. The first-order chi connectivity index (χ1) is 19.8. The molecule has 0 aliphatic heterocycles. The Morgan fingerprint density at radius 2 is 1.61 bits per heavy atom. The molecule has 3 aromatic carbocycles. The second-order valence-electron chi connectivity index (χ2n) is 10.8. The third-order valence-corrected chi connectivity index (χ3v) is 6.80. The van der Waals surface area contributed by atoms with Gasteiger partial charge in [-0.05, 0) is 65.9 Å². The lowest BCUT2D eigenvalue weighted by Crippen LogP contribution is -2.45. The van der Waals surface area contributed by atoms with Crippen LogP contribution >= 0.6 is 0 Å². The molecule has 0 bridgehead atoms.